The predicted octanol–water partition coefficient (Wildman–Crippen LogP) is 3.90. The van der Waals surface area contributed by atoms with E-state index in [1.165, 1.54) is 31.2 Å². The molecule has 0 bridgehead atoms. The normalized spacial score (nSPS) is 12.6. The van der Waals surface area contributed by atoms with Crippen molar-refractivity contribution in [1.29, 1.82) is 0 Å². The number of amides is 1. The summed E-state index contributed by atoms with van der Waals surface area (Å²) in [5, 5.41) is 2.65. The summed E-state index contributed by atoms with van der Waals surface area (Å²) < 4.78 is 53.8. The van der Waals surface area contributed by atoms with Crippen molar-refractivity contribution in [3.8, 4) is 0 Å². The van der Waals surface area contributed by atoms with Crippen LogP contribution in [0.1, 0.15) is 18.1 Å². The molecule has 0 spiro atoms. The van der Waals surface area contributed by atoms with E-state index in [4.69, 9.17) is 0 Å². The smallest absolute Gasteiger partial charge is 0.261 e. The molecule has 3 aromatic rings. The minimum Gasteiger partial charge on any atom is -0.324 e. The van der Waals surface area contributed by atoms with E-state index in [-0.39, 0.29) is 4.90 Å². The number of anilines is 3. The van der Waals surface area contributed by atoms with Gasteiger partial charge in [-0.15, -0.1) is 0 Å². The minimum absolute atomic E-state index is 0.0271. The van der Waals surface area contributed by atoms with E-state index in [0.29, 0.717) is 17.1 Å². The van der Waals surface area contributed by atoms with Crippen LogP contribution in [0.4, 0.5) is 17.1 Å². The number of nitrogens with one attached hydrogen (secondary N) is 2. The highest BCUT2D eigenvalue weighted by Gasteiger charge is 2.29. The molecule has 0 aliphatic carbocycles. The highest BCUT2D eigenvalue weighted by molar-refractivity contribution is 7.92. The molecule has 2 N–H and O–H groups in total. The topological polar surface area (TPSA) is 113 Å². The Kier molecular flexibility index (Phi) is 7.32. The molecule has 10 heteroatoms. The summed E-state index contributed by atoms with van der Waals surface area (Å²) in [6, 6.07) is 18.4. The molecule has 0 fully saturated rings. The van der Waals surface area contributed by atoms with Crippen LogP contribution in [0.15, 0.2) is 77.7 Å². The van der Waals surface area contributed by atoms with Gasteiger partial charge in [-0.05, 0) is 68.8 Å². The molecule has 0 aliphatic heterocycles. The van der Waals surface area contributed by atoms with Gasteiger partial charge in [0.1, 0.15) is 6.04 Å². The first-order valence-electron chi connectivity index (χ1n) is 10.4. The second-order valence-electron chi connectivity index (χ2n) is 8.00. The molecular formula is C24H27N3O5S2. The van der Waals surface area contributed by atoms with E-state index in [1.54, 1.807) is 49.4 Å². The number of carbonyl (C=O) groups is 1. The number of rotatable bonds is 8. The van der Waals surface area contributed by atoms with E-state index in [1.807, 2.05) is 13.0 Å². The fourth-order valence-corrected chi connectivity index (χ4v) is 5.66. The van der Waals surface area contributed by atoms with E-state index in [2.05, 4.69) is 10.0 Å². The first kappa shape index (κ1) is 25.3. The summed E-state index contributed by atoms with van der Waals surface area (Å²) >= 11 is 0. The van der Waals surface area contributed by atoms with Crippen LogP contribution >= 0.6 is 0 Å². The summed E-state index contributed by atoms with van der Waals surface area (Å²) in [7, 11) is -7.56. The quantitative estimate of drug-likeness (QED) is 0.486. The average Bonchev–Trinajstić information content (AvgIpc) is 2.76. The molecule has 0 saturated carbocycles. The van der Waals surface area contributed by atoms with Crippen molar-refractivity contribution < 1.29 is 21.6 Å². The molecule has 3 aromatic carbocycles. The van der Waals surface area contributed by atoms with Crippen LogP contribution in [-0.4, -0.2) is 35.0 Å². The zero-order chi connectivity index (χ0) is 25.1. The Balaban J connectivity index is 1.77. The first-order valence-corrected chi connectivity index (χ1v) is 13.8. The third-order valence-electron chi connectivity index (χ3n) is 5.20. The van der Waals surface area contributed by atoms with Crippen molar-refractivity contribution in [1.82, 2.24) is 0 Å². The standard InChI is InChI=1S/C24H27N3O5S2/c1-17-9-13-21(14-10-17)27(33(4,29)30)19(3)24(28)25-20-11-15-22(16-12-20)34(31,32)26-23-8-6-5-7-18(23)2/h5-16,19,26H,1-4H3,(H,25,28)/t19-/m0/s1. The lowest BCUT2D eigenvalue weighted by molar-refractivity contribution is -0.116. The van der Waals surface area contributed by atoms with Gasteiger partial charge in [-0.2, -0.15) is 0 Å². The minimum atomic E-state index is -3.82. The highest BCUT2D eigenvalue weighted by atomic mass is 32.2. The molecule has 0 aromatic heterocycles. The molecule has 3 rings (SSSR count). The SMILES string of the molecule is Cc1ccc(N([C@@H](C)C(=O)Nc2ccc(S(=O)(=O)Nc3ccccc3C)cc2)S(C)(=O)=O)cc1. The number of sulfonamides is 2. The second-order valence-corrected chi connectivity index (χ2v) is 11.5. The van der Waals surface area contributed by atoms with Crippen LogP contribution in [0.5, 0.6) is 0 Å². The lowest BCUT2D eigenvalue weighted by atomic mass is 10.2. The summed E-state index contributed by atoms with van der Waals surface area (Å²) in [4.78, 5) is 12.9. The van der Waals surface area contributed by atoms with Gasteiger partial charge in [0.15, 0.2) is 0 Å². The van der Waals surface area contributed by atoms with E-state index >= 15 is 0 Å². The molecule has 0 heterocycles. The van der Waals surface area contributed by atoms with Gasteiger partial charge in [-0.1, -0.05) is 35.9 Å². The predicted molar refractivity (Wildman–Crippen MR) is 135 cm³/mol. The van der Waals surface area contributed by atoms with E-state index in [9.17, 15) is 21.6 Å². The van der Waals surface area contributed by atoms with Gasteiger partial charge in [-0.25, -0.2) is 16.8 Å². The maximum atomic E-state index is 12.9. The zero-order valence-electron chi connectivity index (χ0n) is 19.3. The maximum absolute atomic E-state index is 12.9. The Morgan fingerprint density at radius 3 is 2.00 bits per heavy atom. The molecule has 180 valence electrons. The Hall–Kier alpha value is -3.37. The van der Waals surface area contributed by atoms with Gasteiger partial charge >= 0.3 is 0 Å². The van der Waals surface area contributed by atoms with Crippen LogP contribution in [0, 0.1) is 13.8 Å². The maximum Gasteiger partial charge on any atom is 0.261 e. The number of aryl methyl sites for hydroxylation is 2. The third kappa shape index (κ3) is 5.95. The molecule has 0 aliphatic rings. The molecular weight excluding hydrogens is 474 g/mol. The molecule has 0 radical (unpaired) electrons. The van der Waals surface area contributed by atoms with Crippen LogP contribution in [0.2, 0.25) is 0 Å². The summed E-state index contributed by atoms with van der Waals surface area (Å²) in [5.41, 5.74) is 2.93. The zero-order valence-corrected chi connectivity index (χ0v) is 20.9. The van der Waals surface area contributed by atoms with Crippen molar-refractivity contribution in [2.45, 2.75) is 31.7 Å². The Morgan fingerprint density at radius 2 is 1.44 bits per heavy atom. The van der Waals surface area contributed by atoms with Crippen molar-refractivity contribution in [2.75, 3.05) is 20.6 Å². The van der Waals surface area contributed by atoms with Gasteiger partial charge in [0.05, 0.1) is 22.5 Å². The van der Waals surface area contributed by atoms with Crippen LogP contribution in [-0.2, 0) is 24.8 Å². The van der Waals surface area contributed by atoms with Crippen LogP contribution in [0.25, 0.3) is 0 Å². The van der Waals surface area contributed by atoms with Crippen molar-refractivity contribution in [3.05, 3.63) is 83.9 Å². The van der Waals surface area contributed by atoms with Gasteiger partial charge in [-0.3, -0.25) is 13.8 Å². The largest absolute Gasteiger partial charge is 0.324 e. The second kappa shape index (κ2) is 9.86. The number of hydrogen-bond donors (Lipinski definition) is 2. The molecule has 34 heavy (non-hydrogen) atoms. The van der Waals surface area contributed by atoms with E-state index < -0.39 is 32.0 Å². The Morgan fingerprint density at radius 1 is 0.853 bits per heavy atom. The van der Waals surface area contributed by atoms with Crippen LogP contribution in [0.3, 0.4) is 0 Å². The number of benzene rings is 3. The van der Waals surface area contributed by atoms with Gasteiger partial charge in [0.2, 0.25) is 15.9 Å². The van der Waals surface area contributed by atoms with Gasteiger partial charge in [0, 0.05) is 5.69 Å². The van der Waals surface area contributed by atoms with E-state index in [0.717, 1.165) is 21.7 Å². The Bertz CT molecular complexity index is 1390. The van der Waals surface area contributed by atoms with Crippen molar-refractivity contribution in [2.24, 2.45) is 0 Å². The number of para-hydroxylation sites is 1. The van der Waals surface area contributed by atoms with Crippen LogP contribution < -0.4 is 14.3 Å². The average molecular weight is 502 g/mol. The fraction of sp³-hybridized carbons (Fsp3) is 0.208. The summed E-state index contributed by atoms with van der Waals surface area (Å²) in [6.45, 7) is 5.17. The first-order chi connectivity index (χ1) is 15.9. The molecule has 8 nitrogen and oxygen atoms in total. The monoisotopic (exact) mass is 501 g/mol. The van der Waals surface area contributed by atoms with Crippen molar-refractivity contribution in [3.63, 3.8) is 0 Å². The van der Waals surface area contributed by atoms with Gasteiger partial charge < -0.3 is 5.32 Å². The molecule has 0 saturated heterocycles. The number of nitrogens with zero attached hydrogens (tertiary/aromatic N) is 1. The summed E-state index contributed by atoms with van der Waals surface area (Å²) in [5.74, 6) is -0.556. The molecule has 0 unspecified atom stereocenters. The van der Waals surface area contributed by atoms with Crippen molar-refractivity contribution >= 4 is 43.0 Å². The lowest BCUT2D eigenvalue weighted by Gasteiger charge is -2.28. The molecule has 1 atom stereocenters. The summed E-state index contributed by atoms with van der Waals surface area (Å²) in [6.07, 6.45) is 1.04. The number of hydrogen-bond acceptors (Lipinski definition) is 5. The third-order valence-corrected chi connectivity index (χ3v) is 7.82. The Labute approximate surface area is 200 Å². The fourth-order valence-electron chi connectivity index (χ4n) is 3.36. The highest BCUT2D eigenvalue weighted by Crippen LogP contribution is 2.23. The molecule has 1 amide bonds. The lowest BCUT2D eigenvalue weighted by Crippen LogP contribution is -2.45. The number of carbonyl (C=O) groups excluding carboxylic acids is 1. The van der Waals surface area contributed by atoms with Gasteiger partial charge in [0.25, 0.3) is 10.0 Å².